The van der Waals surface area contributed by atoms with E-state index < -0.39 is 11.9 Å². The molecule has 2 atom stereocenters. The minimum Gasteiger partial charge on any atom is -0.481 e. The molecule has 1 N–H and O–H groups in total. The van der Waals surface area contributed by atoms with Gasteiger partial charge in [0.05, 0.1) is 11.8 Å². The van der Waals surface area contributed by atoms with Gasteiger partial charge in [-0.3, -0.25) is 9.59 Å². The van der Waals surface area contributed by atoms with Crippen LogP contribution < -0.4 is 4.90 Å². The summed E-state index contributed by atoms with van der Waals surface area (Å²) in [4.78, 5) is 28.1. The Hall–Kier alpha value is -2.11. The summed E-state index contributed by atoms with van der Waals surface area (Å²) in [5.41, 5.74) is 0.949. The van der Waals surface area contributed by atoms with Gasteiger partial charge in [-0.05, 0) is 37.1 Å². The normalized spacial score (nSPS) is 24.7. The zero-order valence-electron chi connectivity index (χ0n) is 13.7. The van der Waals surface area contributed by atoms with Gasteiger partial charge in [0.1, 0.15) is 5.82 Å². The first-order valence-corrected chi connectivity index (χ1v) is 8.58. The number of halogens is 1. The molecule has 130 valence electrons. The van der Waals surface area contributed by atoms with Crippen LogP contribution in [0.3, 0.4) is 0 Å². The zero-order valence-corrected chi connectivity index (χ0v) is 13.7. The fourth-order valence-corrected chi connectivity index (χ4v) is 3.79. The van der Waals surface area contributed by atoms with Crippen molar-refractivity contribution in [2.75, 3.05) is 31.1 Å². The lowest BCUT2D eigenvalue weighted by Gasteiger charge is -2.39. The molecule has 3 rings (SSSR count). The number of carboxylic acid groups (broad SMARTS) is 1. The molecule has 0 spiro atoms. The number of amides is 1. The van der Waals surface area contributed by atoms with Crippen LogP contribution in [0, 0.1) is 17.7 Å². The van der Waals surface area contributed by atoms with Crippen molar-refractivity contribution in [2.24, 2.45) is 11.8 Å². The topological polar surface area (TPSA) is 60.9 Å². The molecule has 24 heavy (non-hydrogen) atoms. The van der Waals surface area contributed by atoms with E-state index in [0.717, 1.165) is 18.5 Å². The quantitative estimate of drug-likeness (QED) is 0.922. The Balaban J connectivity index is 1.60. The maximum Gasteiger partial charge on any atom is 0.307 e. The van der Waals surface area contributed by atoms with E-state index in [1.807, 2.05) is 0 Å². The number of hydrogen-bond acceptors (Lipinski definition) is 3. The number of aliphatic carboxylic acids is 1. The van der Waals surface area contributed by atoms with Crippen molar-refractivity contribution < 1.29 is 19.1 Å². The smallest absolute Gasteiger partial charge is 0.307 e. The summed E-state index contributed by atoms with van der Waals surface area (Å²) in [5.74, 6) is -2.04. The highest BCUT2D eigenvalue weighted by molar-refractivity contribution is 5.85. The molecule has 1 heterocycles. The van der Waals surface area contributed by atoms with Gasteiger partial charge in [-0.15, -0.1) is 0 Å². The van der Waals surface area contributed by atoms with Crippen molar-refractivity contribution in [1.82, 2.24) is 4.90 Å². The van der Waals surface area contributed by atoms with E-state index >= 15 is 0 Å². The number of rotatable bonds is 3. The molecule has 1 aromatic carbocycles. The van der Waals surface area contributed by atoms with E-state index in [9.17, 15) is 19.1 Å². The summed E-state index contributed by atoms with van der Waals surface area (Å²) in [7, 11) is 0. The summed E-state index contributed by atoms with van der Waals surface area (Å²) in [6.07, 6.45) is 3.09. The molecule has 1 aromatic rings. The van der Waals surface area contributed by atoms with E-state index in [4.69, 9.17) is 0 Å². The Bertz CT molecular complexity index is 597. The average molecular weight is 334 g/mol. The fraction of sp³-hybridized carbons (Fsp3) is 0.556. The van der Waals surface area contributed by atoms with Gasteiger partial charge >= 0.3 is 5.97 Å². The number of anilines is 1. The Morgan fingerprint density at radius 3 is 2.12 bits per heavy atom. The molecule has 2 fully saturated rings. The van der Waals surface area contributed by atoms with Crippen molar-refractivity contribution in [1.29, 1.82) is 0 Å². The van der Waals surface area contributed by atoms with Crippen molar-refractivity contribution in [3.05, 3.63) is 30.1 Å². The number of piperazine rings is 1. The van der Waals surface area contributed by atoms with Crippen molar-refractivity contribution in [3.63, 3.8) is 0 Å². The van der Waals surface area contributed by atoms with Crippen LogP contribution in [0.25, 0.3) is 0 Å². The summed E-state index contributed by atoms with van der Waals surface area (Å²) >= 11 is 0. The first-order chi connectivity index (χ1) is 11.6. The largest absolute Gasteiger partial charge is 0.481 e. The van der Waals surface area contributed by atoms with Crippen molar-refractivity contribution in [3.8, 4) is 0 Å². The zero-order chi connectivity index (χ0) is 17.1. The highest BCUT2D eigenvalue weighted by Gasteiger charge is 2.38. The Morgan fingerprint density at radius 1 is 0.958 bits per heavy atom. The van der Waals surface area contributed by atoms with Gasteiger partial charge in [0, 0.05) is 31.9 Å². The summed E-state index contributed by atoms with van der Waals surface area (Å²) < 4.78 is 13.0. The van der Waals surface area contributed by atoms with Crippen molar-refractivity contribution in [2.45, 2.75) is 25.7 Å². The molecule has 0 radical (unpaired) electrons. The van der Waals surface area contributed by atoms with Crippen LogP contribution in [0.4, 0.5) is 10.1 Å². The van der Waals surface area contributed by atoms with E-state index in [1.54, 1.807) is 17.0 Å². The number of benzene rings is 1. The lowest BCUT2D eigenvalue weighted by atomic mass is 9.78. The molecule has 1 amide bonds. The van der Waals surface area contributed by atoms with Gasteiger partial charge in [-0.2, -0.15) is 0 Å². The van der Waals surface area contributed by atoms with Gasteiger partial charge in [0.25, 0.3) is 0 Å². The fourth-order valence-electron chi connectivity index (χ4n) is 3.79. The van der Waals surface area contributed by atoms with Gasteiger partial charge in [-0.25, -0.2) is 4.39 Å². The molecule has 6 heteroatoms. The number of carboxylic acids is 1. The second-order valence-corrected chi connectivity index (χ2v) is 6.62. The molecule has 5 nitrogen and oxygen atoms in total. The van der Waals surface area contributed by atoms with E-state index in [-0.39, 0.29) is 17.6 Å². The molecule has 1 aliphatic carbocycles. The van der Waals surface area contributed by atoms with Crippen LogP contribution >= 0.6 is 0 Å². The molecule has 2 aliphatic rings. The SMILES string of the molecule is O=C(O)[C@H]1CCCC[C@H]1C(=O)N1CCN(c2ccc(F)cc2)CC1. The van der Waals surface area contributed by atoms with Crippen LogP contribution in [0.1, 0.15) is 25.7 Å². The van der Waals surface area contributed by atoms with Gasteiger partial charge in [0.2, 0.25) is 5.91 Å². The maximum absolute atomic E-state index is 13.0. The van der Waals surface area contributed by atoms with Crippen LogP contribution in [0.15, 0.2) is 24.3 Å². The van der Waals surface area contributed by atoms with Gasteiger partial charge in [0.15, 0.2) is 0 Å². The molecule has 0 aromatic heterocycles. The standard InChI is InChI=1S/C18H23FN2O3/c19-13-5-7-14(8-6-13)20-9-11-21(12-10-20)17(22)15-3-1-2-4-16(15)18(23)24/h5-8,15-16H,1-4,9-12H2,(H,23,24)/t15-,16+/m1/s1. The minimum absolute atomic E-state index is 0.0131. The number of nitrogens with zero attached hydrogens (tertiary/aromatic N) is 2. The molecule has 1 saturated carbocycles. The molecule has 1 saturated heterocycles. The number of hydrogen-bond donors (Lipinski definition) is 1. The second kappa shape index (κ2) is 7.20. The van der Waals surface area contributed by atoms with E-state index in [0.29, 0.717) is 39.0 Å². The Labute approximate surface area is 141 Å². The summed E-state index contributed by atoms with van der Waals surface area (Å²) in [6, 6.07) is 6.36. The maximum atomic E-state index is 13.0. The van der Waals surface area contributed by atoms with Gasteiger partial charge in [-0.1, -0.05) is 12.8 Å². The molecule has 0 bridgehead atoms. The third kappa shape index (κ3) is 3.52. The second-order valence-electron chi connectivity index (χ2n) is 6.62. The summed E-state index contributed by atoms with van der Waals surface area (Å²) in [5, 5.41) is 9.36. The van der Waals surface area contributed by atoms with Crippen molar-refractivity contribution >= 4 is 17.6 Å². The highest BCUT2D eigenvalue weighted by atomic mass is 19.1. The number of carbonyl (C=O) groups excluding carboxylic acids is 1. The van der Waals surface area contributed by atoms with E-state index in [1.165, 1.54) is 12.1 Å². The van der Waals surface area contributed by atoms with Crippen LogP contribution in [0.5, 0.6) is 0 Å². The molecule has 0 unspecified atom stereocenters. The highest BCUT2D eigenvalue weighted by Crippen LogP contribution is 2.32. The van der Waals surface area contributed by atoms with Crippen LogP contribution in [0.2, 0.25) is 0 Å². The minimum atomic E-state index is -0.849. The van der Waals surface area contributed by atoms with E-state index in [2.05, 4.69) is 4.90 Å². The van der Waals surface area contributed by atoms with Crippen LogP contribution in [-0.2, 0) is 9.59 Å². The first-order valence-electron chi connectivity index (χ1n) is 8.58. The van der Waals surface area contributed by atoms with Gasteiger partial charge < -0.3 is 14.9 Å². The van der Waals surface area contributed by atoms with Crippen LogP contribution in [-0.4, -0.2) is 48.1 Å². The average Bonchev–Trinajstić information content (AvgIpc) is 2.62. The molecular weight excluding hydrogens is 311 g/mol. The predicted molar refractivity (Wildman–Crippen MR) is 88.3 cm³/mol. The predicted octanol–water partition coefficient (Wildman–Crippen LogP) is 2.37. The Morgan fingerprint density at radius 2 is 1.54 bits per heavy atom. The lowest BCUT2D eigenvalue weighted by molar-refractivity contribution is -0.152. The third-order valence-corrected chi connectivity index (χ3v) is 5.18. The Kier molecular flexibility index (Phi) is 5.02. The summed E-state index contributed by atoms with van der Waals surface area (Å²) in [6.45, 7) is 2.53. The monoisotopic (exact) mass is 334 g/mol. The first kappa shape index (κ1) is 16.7. The lowest BCUT2D eigenvalue weighted by Crippen LogP contribution is -2.52. The third-order valence-electron chi connectivity index (χ3n) is 5.18. The molecular formula is C18H23FN2O3. The molecule has 1 aliphatic heterocycles. The number of carbonyl (C=O) groups is 2.